The number of carbonyl (C=O) groups excluding carboxylic acids is 2. The molecule has 0 spiro atoms. The molecule has 0 radical (unpaired) electrons. The van der Waals surface area contributed by atoms with E-state index in [0.717, 1.165) is 52.0 Å². The molecule has 28 heavy (non-hydrogen) atoms. The summed E-state index contributed by atoms with van der Waals surface area (Å²) in [6, 6.07) is 0. The topological polar surface area (TPSA) is 89.2 Å². The maximum atomic E-state index is 12.9. The lowest BCUT2D eigenvalue weighted by molar-refractivity contribution is -0.139. The van der Waals surface area contributed by atoms with Gasteiger partial charge < -0.3 is 10.6 Å². The van der Waals surface area contributed by atoms with Crippen molar-refractivity contribution >= 4 is 34.5 Å². The number of piperidine rings is 1. The van der Waals surface area contributed by atoms with Crippen LogP contribution in [0.1, 0.15) is 54.2 Å². The van der Waals surface area contributed by atoms with Crippen LogP contribution in [0.2, 0.25) is 0 Å². The zero-order valence-electron chi connectivity index (χ0n) is 16.4. The first-order chi connectivity index (χ1) is 13.2. The second-order valence-electron chi connectivity index (χ2n) is 9.12. The summed E-state index contributed by atoms with van der Waals surface area (Å²) in [6.45, 7) is 7.18. The highest BCUT2D eigenvalue weighted by Crippen LogP contribution is 2.55. The number of thiazole rings is 2. The molecule has 0 bridgehead atoms. The zero-order chi connectivity index (χ0) is 19.8. The SMILES string of the molecule is CC(C)(C)c1nc2c(s1)CCc1nc(CC(=O)N3CC[C@@H]4C[C@@]43C(N)=O)sc1-2. The van der Waals surface area contributed by atoms with Crippen molar-refractivity contribution in [2.24, 2.45) is 11.7 Å². The lowest BCUT2D eigenvalue weighted by atomic mass is 9.98. The van der Waals surface area contributed by atoms with Crippen LogP contribution in [0.5, 0.6) is 0 Å². The third-order valence-corrected chi connectivity index (χ3v) is 8.82. The second kappa shape index (κ2) is 5.86. The van der Waals surface area contributed by atoms with Crippen LogP contribution in [0.4, 0.5) is 0 Å². The minimum atomic E-state index is -0.711. The molecule has 148 valence electrons. The van der Waals surface area contributed by atoms with Gasteiger partial charge in [0.1, 0.15) is 10.5 Å². The van der Waals surface area contributed by atoms with Crippen molar-refractivity contribution in [1.82, 2.24) is 14.9 Å². The van der Waals surface area contributed by atoms with Crippen LogP contribution < -0.4 is 5.73 Å². The van der Waals surface area contributed by atoms with Crippen molar-refractivity contribution in [3.05, 3.63) is 20.6 Å². The number of aromatic nitrogens is 2. The Hall–Kier alpha value is -1.80. The van der Waals surface area contributed by atoms with Crippen molar-refractivity contribution in [2.45, 2.75) is 63.8 Å². The van der Waals surface area contributed by atoms with Gasteiger partial charge >= 0.3 is 0 Å². The van der Waals surface area contributed by atoms with Crippen molar-refractivity contribution < 1.29 is 9.59 Å². The molecular weight excluding hydrogens is 392 g/mol. The zero-order valence-corrected chi connectivity index (χ0v) is 18.0. The fourth-order valence-electron chi connectivity index (χ4n) is 4.56. The predicted octanol–water partition coefficient (Wildman–Crippen LogP) is 2.68. The van der Waals surface area contributed by atoms with E-state index in [2.05, 4.69) is 20.8 Å². The molecule has 2 amide bonds. The van der Waals surface area contributed by atoms with Gasteiger partial charge in [-0.15, -0.1) is 22.7 Å². The normalized spacial score (nSPS) is 25.2. The molecule has 8 heteroatoms. The Morgan fingerprint density at radius 2 is 2.04 bits per heavy atom. The summed E-state index contributed by atoms with van der Waals surface area (Å²) in [5.41, 5.74) is 7.05. The molecule has 2 aliphatic carbocycles. The third kappa shape index (κ3) is 2.57. The lowest BCUT2D eigenvalue weighted by Crippen LogP contribution is -2.49. The third-order valence-electron chi connectivity index (χ3n) is 6.17. The number of likely N-dealkylation sites (tertiary alicyclic amines) is 1. The quantitative estimate of drug-likeness (QED) is 0.833. The van der Waals surface area contributed by atoms with Crippen LogP contribution in [0.25, 0.3) is 10.6 Å². The number of hydrogen-bond acceptors (Lipinski definition) is 6. The smallest absolute Gasteiger partial charge is 0.243 e. The summed E-state index contributed by atoms with van der Waals surface area (Å²) in [5, 5.41) is 1.97. The van der Waals surface area contributed by atoms with Crippen LogP contribution in [0, 0.1) is 5.92 Å². The fraction of sp³-hybridized carbons (Fsp3) is 0.600. The first-order valence-electron chi connectivity index (χ1n) is 9.79. The van der Waals surface area contributed by atoms with E-state index in [4.69, 9.17) is 15.7 Å². The summed E-state index contributed by atoms with van der Waals surface area (Å²) in [6.07, 6.45) is 3.70. The van der Waals surface area contributed by atoms with E-state index in [1.54, 1.807) is 27.6 Å². The molecule has 6 nitrogen and oxygen atoms in total. The average Bonchev–Trinajstić information content (AvgIpc) is 2.97. The Balaban J connectivity index is 1.40. The fourth-order valence-corrected chi connectivity index (χ4v) is 6.87. The van der Waals surface area contributed by atoms with Crippen LogP contribution >= 0.6 is 22.7 Å². The summed E-state index contributed by atoms with van der Waals surface area (Å²) >= 11 is 3.38. The largest absolute Gasteiger partial charge is 0.368 e. The molecule has 5 rings (SSSR count). The Bertz CT molecular complexity index is 1000. The number of aryl methyl sites for hydroxylation is 2. The highest BCUT2D eigenvalue weighted by Gasteiger charge is 2.67. The van der Waals surface area contributed by atoms with Gasteiger partial charge in [-0.05, 0) is 31.6 Å². The summed E-state index contributed by atoms with van der Waals surface area (Å²) in [5.74, 6) is -0.130. The van der Waals surface area contributed by atoms with Crippen molar-refractivity contribution in [3.63, 3.8) is 0 Å². The molecule has 2 aromatic rings. The monoisotopic (exact) mass is 416 g/mol. The molecule has 2 fully saturated rings. The second-order valence-corrected chi connectivity index (χ2v) is 11.3. The summed E-state index contributed by atoms with van der Waals surface area (Å²) < 4.78 is 0. The van der Waals surface area contributed by atoms with E-state index >= 15 is 0 Å². The van der Waals surface area contributed by atoms with E-state index in [-0.39, 0.29) is 29.6 Å². The Morgan fingerprint density at radius 1 is 1.25 bits per heavy atom. The number of hydrogen-bond donors (Lipinski definition) is 1. The summed E-state index contributed by atoms with van der Waals surface area (Å²) in [4.78, 5) is 38.7. The maximum Gasteiger partial charge on any atom is 0.243 e. The number of nitrogens with two attached hydrogens (primary N) is 1. The van der Waals surface area contributed by atoms with E-state index in [1.807, 2.05) is 0 Å². The molecule has 1 saturated heterocycles. The molecule has 3 aliphatic rings. The molecule has 2 aromatic heterocycles. The number of fused-ring (bicyclic) bond motifs is 4. The first kappa shape index (κ1) is 18.2. The molecule has 0 unspecified atom stereocenters. The van der Waals surface area contributed by atoms with E-state index < -0.39 is 5.54 Å². The summed E-state index contributed by atoms with van der Waals surface area (Å²) in [7, 11) is 0. The highest BCUT2D eigenvalue weighted by molar-refractivity contribution is 7.16. The lowest BCUT2D eigenvalue weighted by Gasteiger charge is -2.25. The van der Waals surface area contributed by atoms with E-state index in [9.17, 15) is 9.59 Å². The van der Waals surface area contributed by atoms with Crippen LogP contribution in [-0.2, 0) is 34.3 Å². The number of rotatable bonds is 3. The Labute approximate surface area is 172 Å². The average molecular weight is 417 g/mol. The van der Waals surface area contributed by atoms with Gasteiger partial charge in [-0.25, -0.2) is 9.97 Å². The van der Waals surface area contributed by atoms with Gasteiger partial charge in [0.15, 0.2) is 0 Å². The Kier molecular flexibility index (Phi) is 3.82. The molecule has 1 saturated carbocycles. The molecule has 2 atom stereocenters. The Morgan fingerprint density at radius 3 is 2.71 bits per heavy atom. The van der Waals surface area contributed by atoms with Crippen molar-refractivity contribution in [3.8, 4) is 10.6 Å². The first-order valence-corrected chi connectivity index (χ1v) is 11.4. The van der Waals surface area contributed by atoms with Gasteiger partial charge in [0.25, 0.3) is 0 Å². The molecular formula is C20H24N4O2S2. The standard InChI is InChI=1S/C20H24N4O2S2/c1-19(2,3)18-23-15-12(27-18)5-4-11-16(15)28-13(22-11)8-14(25)24-7-6-10-9-20(10,24)17(21)26/h10H,4-9H2,1-3H3,(H2,21,26)/t10-,20+/m1/s1. The van der Waals surface area contributed by atoms with Crippen LogP contribution in [0.15, 0.2) is 0 Å². The number of amides is 2. The minimum Gasteiger partial charge on any atom is -0.368 e. The van der Waals surface area contributed by atoms with Gasteiger partial charge in [0.05, 0.1) is 27.7 Å². The molecule has 3 heterocycles. The van der Waals surface area contributed by atoms with Crippen LogP contribution in [0.3, 0.4) is 0 Å². The minimum absolute atomic E-state index is 0.0289. The van der Waals surface area contributed by atoms with Crippen molar-refractivity contribution in [1.29, 1.82) is 0 Å². The van der Waals surface area contributed by atoms with Gasteiger partial charge in [0, 0.05) is 16.8 Å². The van der Waals surface area contributed by atoms with Crippen LogP contribution in [-0.4, -0.2) is 38.8 Å². The van der Waals surface area contributed by atoms with E-state index in [0.29, 0.717) is 6.54 Å². The number of carbonyl (C=O) groups is 2. The van der Waals surface area contributed by atoms with Gasteiger partial charge in [0.2, 0.25) is 11.8 Å². The maximum absolute atomic E-state index is 12.9. The molecule has 0 aromatic carbocycles. The number of primary amides is 1. The predicted molar refractivity (Wildman–Crippen MR) is 109 cm³/mol. The van der Waals surface area contributed by atoms with Crippen molar-refractivity contribution in [2.75, 3.05) is 6.54 Å². The molecule has 2 N–H and O–H groups in total. The van der Waals surface area contributed by atoms with Gasteiger partial charge in [-0.1, -0.05) is 20.8 Å². The molecule has 1 aliphatic heterocycles. The number of nitrogens with zero attached hydrogens (tertiary/aromatic N) is 3. The highest BCUT2D eigenvalue weighted by atomic mass is 32.1. The van der Waals surface area contributed by atoms with E-state index in [1.165, 1.54) is 4.88 Å². The van der Waals surface area contributed by atoms with Gasteiger partial charge in [-0.2, -0.15) is 0 Å². The van der Waals surface area contributed by atoms with Gasteiger partial charge in [-0.3, -0.25) is 9.59 Å².